The first-order chi connectivity index (χ1) is 16.2. The number of benzene rings is 3. The molecule has 0 aliphatic heterocycles. The third-order valence-electron chi connectivity index (χ3n) is 7.91. The van der Waals surface area contributed by atoms with Crippen LogP contribution in [0.5, 0.6) is 0 Å². The molecule has 0 amide bonds. The average Bonchev–Trinajstić information content (AvgIpc) is 3.40. The molecule has 3 aromatic carbocycles. The molecule has 5 rings (SSSR count). The number of allylic oxidation sites excluding steroid dienone is 2. The largest absolute Gasteiger partial charge is 1.00 e. The van der Waals surface area contributed by atoms with E-state index in [-0.39, 0.29) is 24.8 Å². The molecule has 0 saturated carbocycles. The molecule has 0 nitrogen and oxygen atoms in total. The predicted molar refractivity (Wildman–Crippen MR) is 144 cm³/mol. The van der Waals surface area contributed by atoms with Crippen LogP contribution in [0, 0.1) is 0 Å². The average molecular weight is 642 g/mol. The van der Waals surface area contributed by atoms with Crippen molar-refractivity contribution in [2.24, 2.45) is 0 Å². The Morgan fingerprint density at radius 2 is 1.37 bits per heavy atom. The van der Waals surface area contributed by atoms with Crippen LogP contribution in [-0.2, 0) is 19.2 Å². The third kappa shape index (κ3) is 5.27. The van der Waals surface area contributed by atoms with Crippen molar-refractivity contribution in [3.05, 3.63) is 106 Å². The molecule has 35 heavy (non-hydrogen) atoms. The fraction of sp³-hybridized carbons (Fsp3) is 0.290. The Morgan fingerprint density at radius 3 is 2.06 bits per heavy atom. The summed E-state index contributed by atoms with van der Waals surface area (Å²) >= 11 is -1.91. The van der Waals surface area contributed by atoms with Gasteiger partial charge in [0, 0.05) is 0 Å². The molecule has 0 aromatic heterocycles. The maximum Gasteiger partial charge on any atom is -1.00 e. The van der Waals surface area contributed by atoms with E-state index in [2.05, 4.69) is 113 Å². The molecule has 2 atom stereocenters. The molecule has 0 spiro atoms. The molecule has 0 N–H and O–H groups in total. The van der Waals surface area contributed by atoms with E-state index in [9.17, 15) is 0 Å². The van der Waals surface area contributed by atoms with E-state index in [0.29, 0.717) is 0 Å². The number of fused-ring (bicyclic) bond motifs is 2. The van der Waals surface area contributed by atoms with Gasteiger partial charge in [-0.1, -0.05) is 0 Å². The molecule has 0 bridgehead atoms. The molecule has 0 fully saturated rings. The second-order valence-corrected chi connectivity index (χ2v) is 40.0. The summed E-state index contributed by atoms with van der Waals surface area (Å²) in [7, 11) is -1.39. The summed E-state index contributed by atoms with van der Waals surface area (Å²) in [5.74, 6) is 0. The zero-order valence-corrected chi connectivity index (χ0v) is 27.6. The molecular weight excluding hydrogens is 607 g/mol. The van der Waals surface area contributed by atoms with Crippen LogP contribution in [-0.4, -0.2) is 10.6 Å². The molecule has 0 heterocycles. The van der Waals surface area contributed by atoms with Gasteiger partial charge in [0.25, 0.3) is 0 Å². The summed E-state index contributed by atoms with van der Waals surface area (Å²) in [5, 5.41) is 3.01. The van der Waals surface area contributed by atoms with Crippen molar-refractivity contribution in [2.75, 3.05) is 0 Å². The van der Waals surface area contributed by atoms with Gasteiger partial charge in [0.2, 0.25) is 0 Å². The predicted octanol–water partition coefficient (Wildman–Crippen LogP) is 2.75. The van der Waals surface area contributed by atoms with Crippen molar-refractivity contribution in [3.63, 3.8) is 0 Å². The van der Waals surface area contributed by atoms with E-state index < -0.39 is 29.8 Å². The number of hydrogen-bond donors (Lipinski definition) is 0. The fourth-order valence-electron chi connectivity index (χ4n) is 6.35. The van der Waals surface area contributed by atoms with Crippen molar-refractivity contribution in [1.29, 1.82) is 0 Å². The second-order valence-electron chi connectivity index (χ2n) is 9.64. The van der Waals surface area contributed by atoms with Crippen LogP contribution in [0.3, 0.4) is 0 Å². The maximum absolute atomic E-state index is 2.57. The first kappa shape index (κ1) is 28.7. The fourth-order valence-corrected chi connectivity index (χ4v) is 53.1. The summed E-state index contributed by atoms with van der Waals surface area (Å²) in [4.78, 5) is 0. The minimum Gasteiger partial charge on any atom is -1.00 e. The van der Waals surface area contributed by atoms with Gasteiger partial charge in [-0.25, -0.2) is 0 Å². The second kappa shape index (κ2) is 12.6. The standard InChI is InChI=1S/C16H13.C11H11.C4H11Ge.2ClH.Zr/c1-12-10-14-8-5-9-15(16(14)11-12)13-6-3-2-4-7-13;1-2-9-7-10-5-3-4-6-11(10)8-9;1-3-5-4-2;;;/h2-11H,1H3;3-8H,2H2,1H3;5H,3-4H2,1-2H3;2*1H;/q;;;;;+2/p-2. The van der Waals surface area contributed by atoms with Gasteiger partial charge in [0.15, 0.2) is 0 Å². The van der Waals surface area contributed by atoms with Crippen molar-refractivity contribution >= 4 is 22.7 Å². The molecule has 0 saturated heterocycles. The monoisotopic (exact) mass is 641 g/mol. The minimum atomic E-state index is -1.91. The van der Waals surface area contributed by atoms with Gasteiger partial charge < -0.3 is 24.8 Å². The van der Waals surface area contributed by atoms with Crippen molar-refractivity contribution in [2.45, 2.75) is 51.9 Å². The van der Waals surface area contributed by atoms with Crippen LogP contribution in [0.4, 0.5) is 0 Å². The summed E-state index contributed by atoms with van der Waals surface area (Å²) in [6.45, 7) is 9.91. The Labute approximate surface area is 234 Å². The van der Waals surface area contributed by atoms with E-state index >= 15 is 0 Å². The Hall–Kier alpha value is -0.854. The quantitative estimate of drug-likeness (QED) is 0.348. The summed E-state index contributed by atoms with van der Waals surface area (Å²) < 4.78 is 1.54. The normalized spacial score (nSPS) is 17.6. The zero-order valence-electron chi connectivity index (χ0n) is 21.2. The molecule has 2 unspecified atom stereocenters. The van der Waals surface area contributed by atoms with Crippen LogP contribution >= 0.6 is 0 Å². The van der Waals surface area contributed by atoms with E-state index in [4.69, 9.17) is 0 Å². The van der Waals surface area contributed by atoms with Crippen LogP contribution < -0.4 is 24.8 Å². The van der Waals surface area contributed by atoms with Crippen molar-refractivity contribution in [1.82, 2.24) is 0 Å². The Bertz CT molecular complexity index is 1210. The number of rotatable bonds is 7. The van der Waals surface area contributed by atoms with E-state index in [0.717, 1.165) is 7.25 Å². The van der Waals surface area contributed by atoms with Gasteiger partial charge in [-0.3, -0.25) is 0 Å². The Balaban J connectivity index is 0.00000171. The molecule has 4 heteroatoms. The molecule has 3 aromatic rings. The summed E-state index contributed by atoms with van der Waals surface area (Å²) in [5.41, 5.74) is 12.6. The van der Waals surface area contributed by atoms with Gasteiger partial charge in [0.1, 0.15) is 0 Å². The zero-order chi connectivity index (χ0) is 22.9. The van der Waals surface area contributed by atoms with Gasteiger partial charge >= 0.3 is 211 Å². The van der Waals surface area contributed by atoms with Gasteiger partial charge in [-0.05, 0) is 0 Å². The molecule has 181 valence electrons. The van der Waals surface area contributed by atoms with Crippen molar-refractivity contribution in [3.8, 4) is 11.1 Å². The first-order valence-electron chi connectivity index (χ1n) is 12.7. The molecule has 2 aliphatic carbocycles. The molecule has 2 aliphatic rings. The smallest absolute Gasteiger partial charge is 1.00 e. The van der Waals surface area contributed by atoms with E-state index in [1.54, 1.807) is 22.3 Å². The summed E-state index contributed by atoms with van der Waals surface area (Å²) in [6, 6.07) is 27.5. The van der Waals surface area contributed by atoms with E-state index in [1.165, 1.54) is 39.2 Å². The Morgan fingerprint density at radius 1 is 0.714 bits per heavy atom. The number of halogens is 2. The maximum atomic E-state index is 2.57. The van der Waals surface area contributed by atoms with Crippen molar-refractivity contribution < 1.29 is 44.1 Å². The third-order valence-corrected chi connectivity index (χ3v) is 51.6. The number of hydrogen-bond acceptors (Lipinski definition) is 0. The topological polar surface area (TPSA) is 0 Å². The van der Waals surface area contributed by atoms with Crippen LogP contribution in [0.2, 0.25) is 10.5 Å². The molecule has 0 radical (unpaired) electrons. The SMILES string of the molecule is CCC1=Cc2ccccc2[CH]1[Zr+2]([CH]1C(C)=Cc2c(-c3ccccc3)cccc21)[GeH]([CH2]C)[CH2]C.[Cl-].[Cl-]. The Kier molecular flexibility index (Phi) is 10.3. The first-order valence-corrected chi connectivity index (χ1v) is 27.5. The van der Waals surface area contributed by atoms with Crippen LogP contribution in [0.25, 0.3) is 23.3 Å². The summed E-state index contributed by atoms with van der Waals surface area (Å²) in [6.07, 6.45) is 6.35. The van der Waals surface area contributed by atoms with Gasteiger partial charge in [-0.2, -0.15) is 0 Å². The van der Waals surface area contributed by atoms with Gasteiger partial charge in [-0.15, -0.1) is 0 Å². The minimum absolute atomic E-state index is 0. The van der Waals surface area contributed by atoms with Crippen LogP contribution in [0.15, 0.2) is 83.9 Å². The van der Waals surface area contributed by atoms with Gasteiger partial charge in [0.05, 0.1) is 0 Å². The van der Waals surface area contributed by atoms with Crippen LogP contribution in [0.1, 0.15) is 63.6 Å². The molecular formula is C31H35Cl2GeZr. The van der Waals surface area contributed by atoms with E-state index in [1.807, 2.05) is 0 Å².